The molecule has 2 aromatic carbocycles. The number of amides is 2. The van der Waals surface area contributed by atoms with Crippen LogP contribution in [0, 0.1) is 12.7 Å². The van der Waals surface area contributed by atoms with E-state index in [2.05, 4.69) is 15.6 Å². The van der Waals surface area contributed by atoms with Gasteiger partial charge >= 0.3 is 6.03 Å². The highest BCUT2D eigenvalue weighted by Gasteiger charge is 2.12. The van der Waals surface area contributed by atoms with Crippen molar-refractivity contribution in [1.82, 2.24) is 10.3 Å². The SMILES string of the molecule is COc1cccc2cc(CNC(=O)Nc3nc4cc(F)c(C)cc4s3)oc12. The number of thiazole rings is 1. The predicted molar refractivity (Wildman–Crippen MR) is 103 cm³/mol. The van der Waals surface area contributed by atoms with Gasteiger partial charge in [0.05, 0.1) is 23.9 Å². The molecule has 0 atom stereocenters. The lowest BCUT2D eigenvalue weighted by Crippen LogP contribution is -2.27. The summed E-state index contributed by atoms with van der Waals surface area (Å²) < 4.78 is 25.4. The number of nitrogens with zero attached hydrogens (tertiary/aromatic N) is 1. The lowest BCUT2D eigenvalue weighted by atomic mass is 10.2. The number of carbonyl (C=O) groups excluding carboxylic acids is 1. The molecule has 6 nitrogen and oxygen atoms in total. The molecule has 0 spiro atoms. The topological polar surface area (TPSA) is 76.4 Å². The third kappa shape index (κ3) is 3.43. The second-order valence-electron chi connectivity index (χ2n) is 5.99. The zero-order valence-electron chi connectivity index (χ0n) is 14.6. The Morgan fingerprint density at radius 2 is 2.19 bits per heavy atom. The molecule has 4 rings (SSSR count). The summed E-state index contributed by atoms with van der Waals surface area (Å²) in [5.41, 5.74) is 1.70. The van der Waals surface area contributed by atoms with Crippen LogP contribution in [0.15, 0.2) is 40.8 Å². The van der Waals surface area contributed by atoms with Crippen LogP contribution in [0.3, 0.4) is 0 Å². The highest BCUT2D eigenvalue weighted by atomic mass is 32.1. The van der Waals surface area contributed by atoms with Gasteiger partial charge in [-0.3, -0.25) is 5.32 Å². The summed E-state index contributed by atoms with van der Waals surface area (Å²) in [5.74, 6) is 0.927. The minimum atomic E-state index is -0.418. The molecule has 0 aliphatic carbocycles. The monoisotopic (exact) mass is 385 g/mol. The lowest BCUT2D eigenvalue weighted by Gasteiger charge is -2.03. The zero-order chi connectivity index (χ0) is 19.0. The summed E-state index contributed by atoms with van der Waals surface area (Å²) in [6.07, 6.45) is 0. The van der Waals surface area contributed by atoms with E-state index in [1.807, 2.05) is 24.3 Å². The Balaban J connectivity index is 1.44. The van der Waals surface area contributed by atoms with Crippen molar-refractivity contribution in [2.45, 2.75) is 13.5 Å². The van der Waals surface area contributed by atoms with Crippen molar-refractivity contribution in [2.75, 3.05) is 12.4 Å². The van der Waals surface area contributed by atoms with E-state index in [-0.39, 0.29) is 12.4 Å². The van der Waals surface area contributed by atoms with Crippen molar-refractivity contribution in [3.63, 3.8) is 0 Å². The number of carbonyl (C=O) groups is 1. The number of urea groups is 1. The maximum Gasteiger partial charge on any atom is 0.321 e. The Kier molecular flexibility index (Phi) is 4.41. The van der Waals surface area contributed by atoms with Crippen LogP contribution in [0.2, 0.25) is 0 Å². The number of hydrogen-bond donors (Lipinski definition) is 2. The van der Waals surface area contributed by atoms with Crippen LogP contribution >= 0.6 is 11.3 Å². The van der Waals surface area contributed by atoms with Crippen LogP contribution in [0.4, 0.5) is 14.3 Å². The van der Waals surface area contributed by atoms with Crippen LogP contribution in [-0.2, 0) is 6.54 Å². The Morgan fingerprint density at radius 3 is 3.00 bits per heavy atom. The van der Waals surface area contributed by atoms with Gasteiger partial charge in [-0.2, -0.15) is 0 Å². The molecular formula is C19H16FN3O3S. The van der Waals surface area contributed by atoms with Gasteiger partial charge in [0, 0.05) is 11.5 Å². The molecule has 8 heteroatoms. The van der Waals surface area contributed by atoms with Crippen LogP contribution in [0.25, 0.3) is 21.2 Å². The van der Waals surface area contributed by atoms with Crippen LogP contribution in [-0.4, -0.2) is 18.1 Å². The molecule has 0 aliphatic heterocycles. The Hall–Kier alpha value is -3.13. The molecule has 2 heterocycles. The molecule has 0 saturated heterocycles. The maximum absolute atomic E-state index is 13.6. The molecule has 27 heavy (non-hydrogen) atoms. The van der Waals surface area contributed by atoms with Crippen LogP contribution in [0.1, 0.15) is 11.3 Å². The molecule has 0 saturated carbocycles. The van der Waals surface area contributed by atoms with Crippen molar-refractivity contribution in [3.8, 4) is 5.75 Å². The molecule has 0 aliphatic rings. The molecule has 2 aromatic heterocycles. The number of ether oxygens (including phenoxy) is 1. The van der Waals surface area contributed by atoms with E-state index in [9.17, 15) is 9.18 Å². The molecule has 4 aromatic rings. The predicted octanol–water partition coefficient (Wildman–Crippen LogP) is 4.82. The largest absolute Gasteiger partial charge is 0.493 e. The lowest BCUT2D eigenvalue weighted by molar-refractivity contribution is 0.251. The van der Waals surface area contributed by atoms with Crippen molar-refractivity contribution in [2.24, 2.45) is 0 Å². The number of rotatable bonds is 4. The number of hydrogen-bond acceptors (Lipinski definition) is 5. The first-order valence-electron chi connectivity index (χ1n) is 8.20. The van der Waals surface area contributed by atoms with Crippen molar-refractivity contribution < 1.29 is 18.3 Å². The van der Waals surface area contributed by atoms with E-state index in [1.54, 1.807) is 20.1 Å². The average Bonchev–Trinajstić information content (AvgIpc) is 3.23. The van der Waals surface area contributed by atoms with Gasteiger partial charge in [-0.25, -0.2) is 14.2 Å². The fourth-order valence-corrected chi connectivity index (χ4v) is 3.69. The van der Waals surface area contributed by atoms with E-state index in [4.69, 9.17) is 9.15 Å². The summed E-state index contributed by atoms with van der Waals surface area (Å²) in [6, 6.07) is 10.1. The molecule has 2 N–H and O–H groups in total. The minimum Gasteiger partial charge on any atom is -0.493 e. The maximum atomic E-state index is 13.6. The van der Waals surface area contributed by atoms with Gasteiger partial charge in [-0.05, 0) is 30.7 Å². The molecule has 0 unspecified atom stereocenters. The van der Waals surface area contributed by atoms with Crippen molar-refractivity contribution >= 4 is 43.7 Å². The number of fused-ring (bicyclic) bond motifs is 2. The van der Waals surface area contributed by atoms with E-state index in [1.165, 1.54) is 17.4 Å². The van der Waals surface area contributed by atoms with Gasteiger partial charge in [0.25, 0.3) is 0 Å². The number of benzene rings is 2. The summed E-state index contributed by atoms with van der Waals surface area (Å²) in [4.78, 5) is 16.4. The Bertz CT molecular complexity index is 1110. The fourth-order valence-electron chi connectivity index (χ4n) is 2.75. The Labute approximate surface area is 158 Å². The van der Waals surface area contributed by atoms with E-state index < -0.39 is 6.03 Å². The number of nitrogens with one attached hydrogen (secondary N) is 2. The van der Waals surface area contributed by atoms with Crippen molar-refractivity contribution in [1.29, 1.82) is 0 Å². The fraction of sp³-hybridized carbons (Fsp3) is 0.158. The summed E-state index contributed by atoms with van der Waals surface area (Å²) in [6.45, 7) is 1.90. The summed E-state index contributed by atoms with van der Waals surface area (Å²) in [5, 5.41) is 6.69. The molecule has 0 bridgehead atoms. The second-order valence-corrected chi connectivity index (χ2v) is 7.02. The van der Waals surface area contributed by atoms with E-state index in [0.29, 0.717) is 33.3 Å². The molecule has 0 fully saturated rings. The molecular weight excluding hydrogens is 369 g/mol. The molecule has 0 radical (unpaired) electrons. The first kappa shape index (κ1) is 17.3. The normalized spacial score (nSPS) is 11.1. The number of anilines is 1. The van der Waals surface area contributed by atoms with Gasteiger partial charge in [0.1, 0.15) is 11.6 Å². The highest BCUT2D eigenvalue weighted by molar-refractivity contribution is 7.22. The molecule has 2 amide bonds. The number of aryl methyl sites for hydroxylation is 1. The zero-order valence-corrected chi connectivity index (χ0v) is 15.4. The van der Waals surface area contributed by atoms with Crippen LogP contribution < -0.4 is 15.4 Å². The average molecular weight is 385 g/mol. The van der Waals surface area contributed by atoms with E-state index >= 15 is 0 Å². The first-order valence-corrected chi connectivity index (χ1v) is 9.02. The standard InChI is InChI=1S/C19H16FN3O3S/c1-10-6-16-14(8-13(10)20)22-19(27-16)23-18(24)21-9-12-7-11-4-3-5-15(25-2)17(11)26-12/h3-8H,9H2,1-2H3,(H2,21,22,23,24). The number of halogens is 1. The van der Waals surface area contributed by atoms with Gasteiger partial charge in [0.2, 0.25) is 0 Å². The first-order chi connectivity index (χ1) is 13.0. The number of aromatic nitrogens is 1. The number of para-hydroxylation sites is 1. The molecule has 138 valence electrons. The van der Waals surface area contributed by atoms with Gasteiger partial charge in [-0.1, -0.05) is 23.5 Å². The van der Waals surface area contributed by atoms with Gasteiger partial charge in [-0.15, -0.1) is 0 Å². The van der Waals surface area contributed by atoms with Gasteiger partial charge < -0.3 is 14.5 Å². The smallest absolute Gasteiger partial charge is 0.321 e. The summed E-state index contributed by atoms with van der Waals surface area (Å²) in [7, 11) is 1.58. The highest BCUT2D eigenvalue weighted by Crippen LogP contribution is 2.29. The third-order valence-corrected chi connectivity index (χ3v) is 5.03. The van der Waals surface area contributed by atoms with Crippen molar-refractivity contribution in [3.05, 3.63) is 53.5 Å². The number of furan rings is 1. The quantitative estimate of drug-likeness (QED) is 0.528. The second kappa shape index (κ2) is 6.88. The minimum absolute atomic E-state index is 0.211. The Morgan fingerprint density at radius 1 is 1.33 bits per heavy atom. The van der Waals surface area contributed by atoms with E-state index in [0.717, 1.165) is 10.1 Å². The number of methoxy groups -OCH3 is 1. The summed E-state index contributed by atoms with van der Waals surface area (Å²) >= 11 is 1.29. The van der Waals surface area contributed by atoms with Gasteiger partial charge in [0.15, 0.2) is 16.5 Å². The third-order valence-electron chi connectivity index (χ3n) is 4.09. The van der Waals surface area contributed by atoms with Crippen LogP contribution in [0.5, 0.6) is 5.75 Å².